The second-order valence-electron chi connectivity index (χ2n) is 6.71. The average molecular weight is 414 g/mol. The molecule has 0 spiro atoms. The highest BCUT2D eigenvalue weighted by molar-refractivity contribution is 7.90. The first kappa shape index (κ1) is 19.1. The SMILES string of the molecule is O=C(OCCN1C(=O)c2ccccc2S1(=O)=O)c1cccc(N2CCCC2=O)c1. The van der Waals surface area contributed by atoms with E-state index in [2.05, 4.69) is 0 Å². The van der Waals surface area contributed by atoms with Gasteiger partial charge in [0.2, 0.25) is 5.91 Å². The van der Waals surface area contributed by atoms with E-state index in [4.69, 9.17) is 4.74 Å². The molecule has 2 aromatic carbocycles. The van der Waals surface area contributed by atoms with Crippen LogP contribution in [0, 0.1) is 0 Å². The number of nitrogens with zero attached hydrogens (tertiary/aromatic N) is 2. The molecule has 1 fully saturated rings. The summed E-state index contributed by atoms with van der Waals surface area (Å²) in [6.07, 6.45) is 1.25. The van der Waals surface area contributed by atoms with Gasteiger partial charge in [0.25, 0.3) is 15.9 Å². The number of amides is 2. The first-order valence-corrected chi connectivity index (χ1v) is 10.6. The number of carbonyl (C=O) groups is 3. The van der Waals surface area contributed by atoms with Crippen LogP contribution in [0.4, 0.5) is 5.69 Å². The van der Waals surface area contributed by atoms with Crippen LogP contribution >= 0.6 is 0 Å². The van der Waals surface area contributed by atoms with Crippen molar-refractivity contribution in [2.45, 2.75) is 17.7 Å². The molecule has 2 aromatic rings. The van der Waals surface area contributed by atoms with Crippen molar-refractivity contribution in [1.82, 2.24) is 4.31 Å². The number of esters is 1. The molecule has 2 aliphatic rings. The number of benzene rings is 2. The summed E-state index contributed by atoms with van der Waals surface area (Å²) in [4.78, 5) is 38.1. The third-order valence-electron chi connectivity index (χ3n) is 4.91. The van der Waals surface area contributed by atoms with Gasteiger partial charge in [-0.3, -0.25) is 9.59 Å². The summed E-state index contributed by atoms with van der Waals surface area (Å²) < 4.78 is 30.9. The van der Waals surface area contributed by atoms with E-state index in [1.54, 1.807) is 41.3 Å². The number of sulfonamides is 1. The molecule has 2 amide bonds. The Labute approximate surface area is 167 Å². The minimum absolute atomic E-state index is 0.00726. The molecule has 0 N–H and O–H groups in total. The van der Waals surface area contributed by atoms with Crippen LogP contribution in [0.3, 0.4) is 0 Å². The number of rotatable bonds is 5. The van der Waals surface area contributed by atoms with Gasteiger partial charge in [-0.15, -0.1) is 0 Å². The lowest BCUT2D eigenvalue weighted by atomic mass is 10.2. The van der Waals surface area contributed by atoms with E-state index in [9.17, 15) is 22.8 Å². The standard InChI is InChI=1S/C20H18N2O6S/c23-18-9-4-10-21(18)15-6-3-5-14(13-15)20(25)28-12-11-22-19(24)16-7-1-2-8-17(16)29(22,26)27/h1-3,5-8,13H,4,9-12H2. The van der Waals surface area contributed by atoms with Gasteiger partial charge in [-0.25, -0.2) is 17.5 Å². The van der Waals surface area contributed by atoms with Gasteiger partial charge in [0.05, 0.1) is 17.7 Å². The Morgan fingerprint density at radius 3 is 2.59 bits per heavy atom. The van der Waals surface area contributed by atoms with E-state index in [-0.39, 0.29) is 35.1 Å². The van der Waals surface area contributed by atoms with Crippen LogP contribution in [0.2, 0.25) is 0 Å². The van der Waals surface area contributed by atoms with Crippen molar-refractivity contribution >= 4 is 33.5 Å². The van der Waals surface area contributed by atoms with Crippen LogP contribution in [-0.2, 0) is 19.6 Å². The van der Waals surface area contributed by atoms with E-state index in [1.165, 1.54) is 12.1 Å². The summed E-state index contributed by atoms with van der Waals surface area (Å²) in [6, 6.07) is 12.5. The summed E-state index contributed by atoms with van der Waals surface area (Å²) in [5.74, 6) is -1.28. The van der Waals surface area contributed by atoms with Crippen molar-refractivity contribution < 1.29 is 27.5 Å². The normalized spacial score (nSPS) is 17.5. The van der Waals surface area contributed by atoms with Crippen LogP contribution in [0.15, 0.2) is 53.4 Å². The Morgan fingerprint density at radius 2 is 1.86 bits per heavy atom. The minimum Gasteiger partial charge on any atom is -0.460 e. The van der Waals surface area contributed by atoms with E-state index in [0.29, 0.717) is 23.0 Å². The average Bonchev–Trinajstić information content (AvgIpc) is 3.23. The molecule has 4 rings (SSSR count). The fraction of sp³-hybridized carbons (Fsp3) is 0.250. The van der Waals surface area contributed by atoms with Crippen molar-refractivity contribution in [3.8, 4) is 0 Å². The second-order valence-corrected chi connectivity index (χ2v) is 8.54. The van der Waals surface area contributed by atoms with Crippen molar-refractivity contribution in [3.05, 3.63) is 59.7 Å². The number of anilines is 1. The third kappa shape index (κ3) is 3.38. The first-order valence-electron chi connectivity index (χ1n) is 9.13. The number of fused-ring (bicyclic) bond motifs is 1. The van der Waals surface area contributed by atoms with Crippen LogP contribution in [0.5, 0.6) is 0 Å². The largest absolute Gasteiger partial charge is 0.460 e. The molecule has 1 saturated heterocycles. The first-order chi connectivity index (χ1) is 13.9. The summed E-state index contributed by atoms with van der Waals surface area (Å²) in [7, 11) is -3.93. The molecular weight excluding hydrogens is 396 g/mol. The van der Waals surface area contributed by atoms with Gasteiger partial charge in [-0.05, 0) is 36.8 Å². The van der Waals surface area contributed by atoms with Gasteiger partial charge in [-0.1, -0.05) is 18.2 Å². The Balaban J connectivity index is 1.41. The predicted octanol–water partition coefficient (Wildman–Crippen LogP) is 1.81. The molecular formula is C20H18N2O6S. The quantitative estimate of drug-likeness (QED) is 0.692. The Bertz CT molecular complexity index is 1110. The number of ether oxygens (including phenoxy) is 1. The van der Waals surface area contributed by atoms with E-state index >= 15 is 0 Å². The highest BCUT2D eigenvalue weighted by Crippen LogP contribution is 2.29. The van der Waals surface area contributed by atoms with Crippen LogP contribution in [0.25, 0.3) is 0 Å². The number of carbonyl (C=O) groups excluding carboxylic acids is 3. The van der Waals surface area contributed by atoms with Gasteiger partial charge in [0.15, 0.2) is 0 Å². The van der Waals surface area contributed by atoms with Crippen LogP contribution < -0.4 is 4.90 Å². The van der Waals surface area contributed by atoms with Gasteiger partial charge in [0.1, 0.15) is 11.5 Å². The van der Waals surface area contributed by atoms with E-state index < -0.39 is 21.9 Å². The molecule has 8 nitrogen and oxygen atoms in total. The van der Waals surface area contributed by atoms with Gasteiger partial charge in [0, 0.05) is 18.7 Å². The smallest absolute Gasteiger partial charge is 0.338 e. The zero-order valence-electron chi connectivity index (χ0n) is 15.4. The maximum atomic E-state index is 12.5. The topological polar surface area (TPSA) is 101 Å². The summed E-state index contributed by atoms with van der Waals surface area (Å²) in [6.45, 7) is 0.0589. The van der Waals surface area contributed by atoms with E-state index in [1.807, 2.05) is 0 Å². The Kier molecular flexibility index (Phi) is 4.83. The molecule has 0 radical (unpaired) electrons. The minimum atomic E-state index is -3.93. The monoisotopic (exact) mass is 414 g/mol. The van der Waals surface area contributed by atoms with Crippen LogP contribution in [0.1, 0.15) is 33.6 Å². The second kappa shape index (κ2) is 7.32. The highest BCUT2D eigenvalue weighted by atomic mass is 32.2. The Hall–Kier alpha value is -3.20. The molecule has 0 unspecified atom stereocenters. The molecule has 0 aromatic heterocycles. The molecule has 0 atom stereocenters. The summed E-state index contributed by atoms with van der Waals surface area (Å²) >= 11 is 0. The third-order valence-corrected chi connectivity index (χ3v) is 6.75. The maximum absolute atomic E-state index is 12.5. The molecule has 0 aliphatic carbocycles. The lowest BCUT2D eigenvalue weighted by Gasteiger charge is -2.17. The molecule has 9 heteroatoms. The predicted molar refractivity (Wildman–Crippen MR) is 103 cm³/mol. The van der Waals surface area contributed by atoms with Gasteiger partial charge in [-0.2, -0.15) is 0 Å². The number of hydrogen-bond donors (Lipinski definition) is 0. The van der Waals surface area contributed by atoms with E-state index in [0.717, 1.165) is 6.42 Å². The fourth-order valence-corrected chi connectivity index (χ4v) is 5.03. The maximum Gasteiger partial charge on any atom is 0.338 e. The van der Waals surface area contributed by atoms with Crippen molar-refractivity contribution in [1.29, 1.82) is 0 Å². The van der Waals surface area contributed by atoms with Crippen molar-refractivity contribution in [2.75, 3.05) is 24.6 Å². The summed E-state index contributed by atoms with van der Waals surface area (Å²) in [5.41, 5.74) is 0.984. The van der Waals surface area contributed by atoms with Gasteiger partial charge < -0.3 is 9.64 Å². The van der Waals surface area contributed by atoms with Crippen LogP contribution in [-0.4, -0.2) is 50.2 Å². The molecule has 29 heavy (non-hydrogen) atoms. The zero-order valence-corrected chi connectivity index (χ0v) is 16.2. The number of hydrogen-bond acceptors (Lipinski definition) is 6. The fourth-order valence-electron chi connectivity index (χ4n) is 3.48. The van der Waals surface area contributed by atoms with Crippen molar-refractivity contribution in [3.63, 3.8) is 0 Å². The molecule has 2 heterocycles. The zero-order chi connectivity index (χ0) is 20.6. The Morgan fingerprint density at radius 1 is 1.07 bits per heavy atom. The molecule has 0 saturated carbocycles. The van der Waals surface area contributed by atoms with Crippen molar-refractivity contribution in [2.24, 2.45) is 0 Å². The molecule has 150 valence electrons. The summed E-state index contributed by atoms with van der Waals surface area (Å²) in [5, 5.41) is 0. The highest BCUT2D eigenvalue weighted by Gasteiger charge is 2.40. The lowest BCUT2D eigenvalue weighted by Crippen LogP contribution is -2.33. The van der Waals surface area contributed by atoms with Gasteiger partial charge >= 0.3 is 5.97 Å². The molecule has 2 aliphatic heterocycles. The lowest BCUT2D eigenvalue weighted by molar-refractivity contribution is -0.117. The molecule has 0 bridgehead atoms.